The van der Waals surface area contributed by atoms with Crippen molar-refractivity contribution in [3.63, 3.8) is 0 Å². The van der Waals surface area contributed by atoms with Crippen molar-refractivity contribution < 1.29 is 0 Å². The predicted molar refractivity (Wildman–Crippen MR) is 90.8 cm³/mol. The second-order valence-corrected chi connectivity index (χ2v) is 5.83. The van der Waals surface area contributed by atoms with Gasteiger partial charge >= 0.3 is 0 Å². The maximum Gasteiger partial charge on any atom is 0.0331 e. The minimum atomic E-state index is 0. The molecule has 0 saturated carbocycles. The highest BCUT2D eigenvalue weighted by Gasteiger charge is 2.08. The molecule has 2 nitrogen and oxygen atoms in total. The topological polar surface area (TPSA) is 29.3 Å². The summed E-state index contributed by atoms with van der Waals surface area (Å²) in [6, 6.07) is 12.8. The molecular weight excluding hydrogens is 288 g/mol. The maximum atomic E-state index is 5.73. The Balaban J connectivity index is 0.00000200. The molecule has 2 aromatic rings. The molecule has 0 atom stereocenters. The van der Waals surface area contributed by atoms with Gasteiger partial charge in [-0.3, -0.25) is 4.90 Å². The number of hydrogen-bond donors (Lipinski definition) is 1. The van der Waals surface area contributed by atoms with Crippen LogP contribution in [-0.4, -0.2) is 24.5 Å². The van der Waals surface area contributed by atoms with E-state index < -0.39 is 0 Å². The first-order valence-corrected chi connectivity index (χ1v) is 7.67. The van der Waals surface area contributed by atoms with Crippen molar-refractivity contribution in [2.45, 2.75) is 19.9 Å². The first-order valence-electron chi connectivity index (χ1n) is 6.79. The van der Waals surface area contributed by atoms with Gasteiger partial charge in [0.05, 0.1) is 0 Å². The third-order valence-corrected chi connectivity index (χ3v) is 4.35. The SMILES string of the molecule is Cc1ccsc1CN(CCN)CCc1ccccc1.Cl. The molecule has 0 bridgehead atoms. The lowest BCUT2D eigenvalue weighted by atomic mass is 10.1. The van der Waals surface area contributed by atoms with Gasteiger partial charge in [-0.2, -0.15) is 0 Å². The Hall–Kier alpha value is -0.870. The minimum absolute atomic E-state index is 0. The fraction of sp³-hybridized carbons (Fsp3) is 0.375. The fourth-order valence-electron chi connectivity index (χ4n) is 2.15. The van der Waals surface area contributed by atoms with Gasteiger partial charge in [0.15, 0.2) is 0 Å². The van der Waals surface area contributed by atoms with E-state index in [1.807, 2.05) is 11.3 Å². The number of benzene rings is 1. The Bertz CT molecular complexity index is 484. The third kappa shape index (κ3) is 5.25. The number of halogens is 1. The predicted octanol–water partition coefficient (Wildman–Crippen LogP) is 3.48. The molecule has 1 aromatic heterocycles. The summed E-state index contributed by atoms with van der Waals surface area (Å²) < 4.78 is 0. The van der Waals surface area contributed by atoms with Crippen molar-refractivity contribution >= 4 is 23.7 Å². The highest BCUT2D eigenvalue weighted by Crippen LogP contribution is 2.17. The Morgan fingerprint density at radius 3 is 2.45 bits per heavy atom. The van der Waals surface area contributed by atoms with Crippen molar-refractivity contribution in [3.05, 3.63) is 57.8 Å². The number of rotatable bonds is 7. The van der Waals surface area contributed by atoms with E-state index in [0.717, 1.165) is 32.6 Å². The van der Waals surface area contributed by atoms with Crippen LogP contribution in [0.4, 0.5) is 0 Å². The zero-order valence-electron chi connectivity index (χ0n) is 11.9. The molecule has 0 saturated heterocycles. The highest BCUT2D eigenvalue weighted by atomic mass is 35.5. The van der Waals surface area contributed by atoms with Crippen molar-refractivity contribution in [2.24, 2.45) is 5.73 Å². The Kier molecular flexibility index (Phi) is 7.85. The summed E-state index contributed by atoms with van der Waals surface area (Å²) >= 11 is 1.84. The van der Waals surface area contributed by atoms with Crippen LogP contribution in [0.3, 0.4) is 0 Å². The third-order valence-electron chi connectivity index (χ3n) is 3.34. The van der Waals surface area contributed by atoms with E-state index in [0.29, 0.717) is 0 Å². The summed E-state index contributed by atoms with van der Waals surface area (Å²) in [6.07, 6.45) is 1.09. The molecule has 1 heterocycles. The van der Waals surface area contributed by atoms with E-state index in [-0.39, 0.29) is 12.4 Å². The molecule has 0 aliphatic rings. The fourth-order valence-corrected chi connectivity index (χ4v) is 3.10. The van der Waals surface area contributed by atoms with Gasteiger partial charge in [0.1, 0.15) is 0 Å². The minimum Gasteiger partial charge on any atom is -0.329 e. The van der Waals surface area contributed by atoms with Gasteiger partial charge in [0.2, 0.25) is 0 Å². The number of hydrogen-bond acceptors (Lipinski definition) is 3. The summed E-state index contributed by atoms with van der Waals surface area (Å²) in [5.41, 5.74) is 8.52. The maximum absolute atomic E-state index is 5.73. The van der Waals surface area contributed by atoms with Gasteiger partial charge in [0.25, 0.3) is 0 Å². The lowest BCUT2D eigenvalue weighted by Crippen LogP contribution is -2.30. The van der Waals surface area contributed by atoms with Gasteiger partial charge in [-0.15, -0.1) is 23.7 Å². The first-order chi connectivity index (χ1) is 9.29. The van der Waals surface area contributed by atoms with Crippen LogP contribution in [0.2, 0.25) is 0 Å². The molecular formula is C16H23ClN2S. The van der Waals surface area contributed by atoms with E-state index in [9.17, 15) is 0 Å². The molecule has 0 fully saturated rings. The van der Waals surface area contributed by atoms with Crippen LogP contribution in [0.1, 0.15) is 16.0 Å². The van der Waals surface area contributed by atoms with Crippen LogP contribution in [-0.2, 0) is 13.0 Å². The molecule has 0 unspecified atom stereocenters. The standard InChI is InChI=1S/C16H22N2S.ClH/c1-14-8-12-19-16(14)13-18(11-9-17)10-7-15-5-3-2-4-6-15;/h2-6,8,12H,7,9-11,13,17H2,1H3;1H. The molecule has 0 radical (unpaired) electrons. The number of nitrogens with zero attached hydrogens (tertiary/aromatic N) is 1. The summed E-state index contributed by atoms with van der Waals surface area (Å²) in [6.45, 7) is 5.96. The summed E-state index contributed by atoms with van der Waals surface area (Å²) in [7, 11) is 0. The van der Waals surface area contributed by atoms with Crippen LogP contribution in [0.25, 0.3) is 0 Å². The lowest BCUT2D eigenvalue weighted by Gasteiger charge is -2.21. The zero-order valence-corrected chi connectivity index (χ0v) is 13.6. The molecule has 0 amide bonds. The second kappa shape index (κ2) is 9.14. The zero-order chi connectivity index (χ0) is 13.5. The van der Waals surface area contributed by atoms with E-state index in [1.54, 1.807) is 0 Å². The van der Waals surface area contributed by atoms with Crippen molar-refractivity contribution in [3.8, 4) is 0 Å². The number of thiophene rings is 1. The summed E-state index contributed by atoms with van der Waals surface area (Å²) in [4.78, 5) is 3.91. The normalized spacial score (nSPS) is 10.6. The molecule has 2 N–H and O–H groups in total. The lowest BCUT2D eigenvalue weighted by molar-refractivity contribution is 0.278. The van der Waals surface area contributed by atoms with Crippen molar-refractivity contribution in [1.82, 2.24) is 4.90 Å². The quantitative estimate of drug-likeness (QED) is 0.848. The smallest absolute Gasteiger partial charge is 0.0331 e. The first kappa shape index (κ1) is 17.2. The van der Waals surface area contributed by atoms with Crippen LogP contribution < -0.4 is 5.73 Å². The average Bonchev–Trinajstić information content (AvgIpc) is 2.83. The Morgan fingerprint density at radius 2 is 1.85 bits per heavy atom. The molecule has 0 spiro atoms. The van der Waals surface area contributed by atoms with Crippen LogP contribution in [0.5, 0.6) is 0 Å². The van der Waals surface area contributed by atoms with Gasteiger partial charge < -0.3 is 5.73 Å². The Labute approximate surface area is 132 Å². The molecule has 20 heavy (non-hydrogen) atoms. The molecule has 1 aromatic carbocycles. The molecule has 0 aliphatic heterocycles. The molecule has 110 valence electrons. The van der Waals surface area contributed by atoms with Gasteiger partial charge in [-0.1, -0.05) is 30.3 Å². The van der Waals surface area contributed by atoms with Crippen molar-refractivity contribution in [2.75, 3.05) is 19.6 Å². The van der Waals surface area contributed by atoms with Gasteiger partial charge in [-0.05, 0) is 35.9 Å². The summed E-state index contributed by atoms with van der Waals surface area (Å²) in [5.74, 6) is 0. The number of nitrogens with two attached hydrogens (primary N) is 1. The van der Waals surface area contributed by atoms with Crippen molar-refractivity contribution in [1.29, 1.82) is 0 Å². The molecule has 4 heteroatoms. The monoisotopic (exact) mass is 310 g/mol. The van der Waals surface area contributed by atoms with Gasteiger partial charge in [-0.25, -0.2) is 0 Å². The van der Waals surface area contributed by atoms with Crippen LogP contribution in [0.15, 0.2) is 41.8 Å². The average molecular weight is 311 g/mol. The second-order valence-electron chi connectivity index (χ2n) is 4.83. The summed E-state index contributed by atoms with van der Waals surface area (Å²) in [5, 5.41) is 2.17. The Morgan fingerprint density at radius 1 is 1.10 bits per heavy atom. The van der Waals surface area contributed by atoms with E-state index in [2.05, 4.69) is 53.6 Å². The largest absolute Gasteiger partial charge is 0.329 e. The van der Waals surface area contributed by atoms with E-state index in [4.69, 9.17) is 5.73 Å². The van der Waals surface area contributed by atoms with E-state index >= 15 is 0 Å². The number of aryl methyl sites for hydroxylation is 1. The van der Waals surface area contributed by atoms with Crippen LogP contribution >= 0.6 is 23.7 Å². The molecule has 0 aliphatic carbocycles. The van der Waals surface area contributed by atoms with Crippen LogP contribution in [0, 0.1) is 6.92 Å². The van der Waals surface area contributed by atoms with Gasteiger partial charge in [0, 0.05) is 31.1 Å². The molecule has 2 rings (SSSR count). The highest BCUT2D eigenvalue weighted by molar-refractivity contribution is 7.10. The van der Waals surface area contributed by atoms with E-state index in [1.165, 1.54) is 16.0 Å².